The van der Waals surface area contributed by atoms with E-state index in [1.54, 1.807) is 24.3 Å². The van der Waals surface area contributed by atoms with Crippen molar-refractivity contribution in [2.75, 3.05) is 0 Å². The van der Waals surface area contributed by atoms with Crippen LogP contribution in [0, 0.1) is 0 Å². The van der Waals surface area contributed by atoms with Gasteiger partial charge >= 0.3 is 5.97 Å². The van der Waals surface area contributed by atoms with Crippen LogP contribution in [0.15, 0.2) is 48.5 Å². The number of esters is 1. The second-order valence-corrected chi connectivity index (χ2v) is 8.04. The third-order valence-corrected chi connectivity index (χ3v) is 6.26. The number of halogens is 1. The van der Waals surface area contributed by atoms with Crippen molar-refractivity contribution in [2.24, 2.45) is 0 Å². The fourth-order valence-electron chi connectivity index (χ4n) is 4.65. The standard InChI is InChI=1S/C24H15ClO5/c25-19-10-18-21(11-20(19)27)29-22-14-7-6-13(26)9-12(14)5-8-17(22)24(18)16-4-2-1-3-15(16)23(28)30-24/h1-5,7-11,13,26-27H,6H2. The number of carbonyl (C=O) groups is 1. The molecule has 0 saturated carbocycles. The van der Waals surface area contributed by atoms with Gasteiger partial charge in [-0.25, -0.2) is 4.79 Å². The lowest BCUT2D eigenvalue weighted by molar-refractivity contribution is 0.0223. The summed E-state index contributed by atoms with van der Waals surface area (Å²) in [7, 11) is 0. The summed E-state index contributed by atoms with van der Waals surface area (Å²) in [4.78, 5) is 12.8. The van der Waals surface area contributed by atoms with Crippen LogP contribution in [0.5, 0.6) is 17.2 Å². The van der Waals surface area contributed by atoms with Gasteiger partial charge in [0.25, 0.3) is 0 Å². The fraction of sp³-hybridized carbons (Fsp3) is 0.125. The lowest BCUT2D eigenvalue weighted by atomic mass is 9.77. The van der Waals surface area contributed by atoms with Gasteiger partial charge < -0.3 is 19.7 Å². The van der Waals surface area contributed by atoms with E-state index in [-0.39, 0.29) is 10.8 Å². The Bertz CT molecular complexity index is 1390. The lowest BCUT2D eigenvalue weighted by Crippen LogP contribution is -2.39. The molecule has 1 aliphatic carbocycles. The Morgan fingerprint density at radius 1 is 1.07 bits per heavy atom. The summed E-state index contributed by atoms with van der Waals surface area (Å²) < 4.78 is 12.3. The average Bonchev–Trinajstić information content (AvgIpc) is 3.03. The average molecular weight is 419 g/mol. The number of aliphatic hydroxyl groups is 1. The summed E-state index contributed by atoms with van der Waals surface area (Å²) in [5, 5.41) is 22.0. The van der Waals surface area contributed by atoms with Gasteiger partial charge in [0.1, 0.15) is 17.2 Å². The van der Waals surface area contributed by atoms with Gasteiger partial charge in [-0.1, -0.05) is 41.9 Å². The lowest BCUT2D eigenvalue weighted by Gasteiger charge is -2.37. The van der Waals surface area contributed by atoms with E-state index in [9.17, 15) is 15.0 Å². The number of ether oxygens (including phenoxy) is 2. The predicted molar refractivity (Wildman–Crippen MR) is 110 cm³/mol. The second-order valence-electron chi connectivity index (χ2n) is 7.64. The SMILES string of the molecule is O=C1OC2(c3cc(Cl)c(O)cc3Oc3c2ccc2c3=CCC(O)C=2)c2ccccc21. The molecule has 0 amide bonds. The Balaban J connectivity index is 1.77. The van der Waals surface area contributed by atoms with Crippen molar-refractivity contribution in [3.63, 3.8) is 0 Å². The molecule has 148 valence electrons. The van der Waals surface area contributed by atoms with E-state index in [0.29, 0.717) is 40.2 Å². The summed E-state index contributed by atoms with van der Waals surface area (Å²) in [6.07, 6.45) is 3.58. The van der Waals surface area contributed by atoms with Crippen molar-refractivity contribution in [1.29, 1.82) is 0 Å². The predicted octanol–water partition coefficient (Wildman–Crippen LogP) is 2.94. The number of phenols is 1. The van der Waals surface area contributed by atoms with Crippen LogP contribution in [0.2, 0.25) is 5.02 Å². The van der Waals surface area contributed by atoms with Crippen LogP contribution < -0.4 is 15.2 Å². The van der Waals surface area contributed by atoms with Crippen molar-refractivity contribution >= 4 is 29.7 Å². The van der Waals surface area contributed by atoms with Gasteiger partial charge in [-0.2, -0.15) is 0 Å². The molecule has 0 radical (unpaired) electrons. The quantitative estimate of drug-likeness (QED) is 0.549. The number of aromatic hydroxyl groups is 1. The summed E-state index contributed by atoms with van der Waals surface area (Å²) in [5.41, 5.74) is 1.16. The summed E-state index contributed by atoms with van der Waals surface area (Å²) in [5.74, 6) is 0.343. The molecule has 2 aliphatic heterocycles. The number of carbonyl (C=O) groups excluding carboxylic acids is 1. The molecule has 3 aromatic carbocycles. The molecule has 1 spiro atoms. The van der Waals surface area contributed by atoms with Gasteiger partial charge in [0.05, 0.1) is 16.7 Å². The Morgan fingerprint density at radius 3 is 2.77 bits per heavy atom. The molecular formula is C24H15ClO5. The molecule has 5 nitrogen and oxygen atoms in total. The monoisotopic (exact) mass is 418 g/mol. The molecular weight excluding hydrogens is 404 g/mol. The number of benzene rings is 3. The number of rotatable bonds is 0. The maximum atomic E-state index is 12.8. The van der Waals surface area contributed by atoms with E-state index < -0.39 is 17.7 Å². The van der Waals surface area contributed by atoms with Gasteiger partial charge in [-0.3, -0.25) is 0 Å². The molecule has 0 fully saturated rings. The third-order valence-electron chi connectivity index (χ3n) is 5.96. The minimum absolute atomic E-state index is 0.123. The topological polar surface area (TPSA) is 76.0 Å². The molecule has 0 saturated heterocycles. The van der Waals surface area contributed by atoms with Crippen LogP contribution in [0.4, 0.5) is 0 Å². The molecule has 2 N–H and O–H groups in total. The molecule has 3 aromatic rings. The molecule has 6 heteroatoms. The summed E-state index contributed by atoms with van der Waals surface area (Å²) in [6, 6.07) is 14.0. The zero-order valence-corrected chi connectivity index (χ0v) is 16.3. The Morgan fingerprint density at radius 2 is 1.90 bits per heavy atom. The highest BCUT2D eigenvalue weighted by Gasteiger charge is 2.54. The van der Waals surface area contributed by atoms with Gasteiger partial charge in [-0.15, -0.1) is 0 Å². The Hall–Kier alpha value is -3.28. The van der Waals surface area contributed by atoms with E-state index in [0.717, 1.165) is 10.4 Å². The summed E-state index contributed by atoms with van der Waals surface area (Å²) >= 11 is 6.24. The van der Waals surface area contributed by atoms with Gasteiger partial charge in [0.2, 0.25) is 0 Å². The summed E-state index contributed by atoms with van der Waals surface area (Å²) in [6.45, 7) is 0. The Labute approximate surface area is 176 Å². The first kappa shape index (κ1) is 17.6. The zero-order chi connectivity index (χ0) is 20.6. The van der Waals surface area contributed by atoms with Gasteiger partial charge in [0, 0.05) is 28.0 Å². The molecule has 3 aliphatic rings. The highest BCUT2D eigenvalue weighted by atomic mass is 35.5. The van der Waals surface area contributed by atoms with Crippen molar-refractivity contribution < 1.29 is 24.5 Å². The van der Waals surface area contributed by atoms with Crippen molar-refractivity contribution in [3.05, 3.63) is 86.2 Å². The van der Waals surface area contributed by atoms with Crippen LogP contribution in [-0.4, -0.2) is 22.3 Å². The third kappa shape index (κ3) is 2.13. The number of phenolic OH excluding ortho intramolecular Hbond substituents is 1. The van der Waals surface area contributed by atoms with Crippen LogP contribution in [0.25, 0.3) is 12.2 Å². The largest absolute Gasteiger partial charge is 0.506 e. The van der Waals surface area contributed by atoms with Crippen LogP contribution in [-0.2, 0) is 10.3 Å². The molecule has 2 heterocycles. The number of hydrogen-bond donors (Lipinski definition) is 2. The molecule has 30 heavy (non-hydrogen) atoms. The molecule has 0 aromatic heterocycles. The number of aliphatic hydroxyl groups excluding tert-OH is 1. The molecule has 6 rings (SSSR count). The minimum atomic E-state index is -1.24. The maximum Gasteiger partial charge on any atom is 0.340 e. The maximum absolute atomic E-state index is 12.8. The van der Waals surface area contributed by atoms with Crippen LogP contribution >= 0.6 is 11.6 Å². The minimum Gasteiger partial charge on any atom is -0.506 e. The van der Waals surface area contributed by atoms with Gasteiger partial charge in [0.15, 0.2) is 5.60 Å². The van der Waals surface area contributed by atoms with E-state index >= 15 is 0 Å². The Kier molecular flexibility index (Phi) is 3.44. The zero-order valence-electron chi connectivity index (χ0n) is 15.6. The molecule has 2 unspecified atom stereocenters. The van der Waals surface area contributed by atoms with E-state index in [4.69, 9.17) is 21.1 Å². The molecule has 2 atom stereocenters. The van der Waals surface area contributed by atoms with Crippen LogP contribution in [0.1, 0.15) is 33.5 Å². The first-order valence-electron chi connectivity index (χ1n) is 9.56. The second kappa shape index (κ2) is 5.88. The smallest absolute Gasteiger partial charge is 0.340 e. The first-order chi connectivity index (χ1) is 14.5. The van der Waals surface area contributed by atoms with Gasteiger partial charge in [-0.05, 0) is 35.9 Å². The van der Waals surface area contributed by atoms with Crippen molar-refractivity contribution in [1.82, 2.24) is 0 Å². The normalized spacial score (nSPS) is 22.6. The van der Waals surface area contributed by atoms with Crippen molar-refractivity contribution in [2.45, 2.75) is 18.1 Å². The first-order valence-corrected chi connectivity index (χ1v) is 9.94. The van der Waals surface area contributed by atoms with E-state index in [2.05, 4.69) is 0 Å². The highest BCUT2D eigenvalue weighted by Crippen LogP contribution is 2.56. The molecule has 0 bridgehead atoms. The fourth-order valence-corrected chi connectivity index (χ4v) is 4.81. The highest BCUT2D eigenvalue weighted by molar-refractivity contribution is 6.32. The number of fused-ring (bicyclic) bond motifs is 8. The van der Waals surface area contributed by atoms with E-state index in [1.165, 1.54) is 6.07 Å². The van der Waals surface area contributed by atoms with E-state index in [1.807, 2.05) is 30.3 Å². The van der Waals surface area contributed by atoms with Crippen molar-refractivity contribution in [3.8, 4) is 17.2 Å². The van der Waals surface area contributed by atoms with Crippen LogP contribution in [0.3, 0.4) is 0 Å². The number of hydrogen-bond acceptors (Lipinski definition) is 5.